The number of imidazole rings is 1. The maximum absolute atomic E-state index is 13.7. The summed E-state index contributed by atoms with van der Waals surface area (Å²) in [7, 11) is 0. The lowest BCUT2D eigenvalue weighted by Crippen LogP contribution is -2.36. The van der Waals surface area contributed by atoms with Gasteiger partial charge in [0.2, 0.25) is 0 Å². The number of aromatic amines is 7. The fraction of sp³-hybridized carbons (Fsp3) is 0.383. The van der Waals surface area contributed by atoms with Crippen molar-refractivity contribution in [1.82, 2.24) is 49.8 Å². The summed E-state index contributed by atoms with van der Waals surface area (Å²) in [6.07, 6.45) is 18.4. The molecule has 128 heavy (non-hydrogen) atoms. The zero-order chi connectivity index (χ0) is 93.6. The van der Waals surface area contributed by atoms with Crippen molar-refractivity contribution in [3.05, 3.63) is 309 Å². The number of likely N-dealkylation sites (tertiary alicyclic amines) is 1. The summed E-state index contributed by atoms with van der Waals surface area (Å²) in [5, 5.41) is 10.6. The number of nitrogens with one attached hydrogen (secondary N) is 7. The highest BCUT2D eigenvalue weighted by Crippen LogP contribution is 2.40. The first-order valence-electron chi connectivity index (χ1n) is 45.9. The number of benzene rings is 9. The Morgan fingerprint density at radius 1 is 0.383 bits per heavy atom. The molecule has 0 aliphatic carbocycles. The van der Waals surface area contributed by atoms with Gasteiger partial charge in [0.1, 0.15) is 11.6 Å². The van der Waals surface area contributed by atoms with E-state index in [0.29, 0.717) is 0 Å². The van der Waals surface area contributed by atoms with Gasteiger partial charge in [-0.1, -0.05) is 278 Å². The highest BCUT2D eigenvalue weighted by Gasteiger charge is 2.30. The third kappa shape index (κ3) is 24.4. The normalized spacial score (nSPS) is 13.0. The van der Waals surface area contributed by atoms with Crippen LogP contribution in [0.15, 0.2) is 231 Å². The van der Waals surface area contributed by atoms with Crippen molar-refractivity contribution in [3.63, 3.8) is 0 Å². The molecule has 8 aromatic heterocycles. The lowest BCUT2D eigenvalue weighted by molar-refractivity contribution is 0.0722. The minimum Gasteiger partial charge on any atom is -0.361 e. The van der Waals surface area contributed by atoms with Crippen LogP contribution in [0.2, 0.25) is 5.02 Å². The van der Waals surface area contributed by atoms with Crippen LogP contribution in [0, 0.1) is 12.7 Å². The van der Waals surface area contributed by atoms with Crippen molar-refractivity contribution >= 4 is 105 Å². The summed E-state index contributed by atoms with van der Waals surface area (Å²) in [5.41, 5.74) is 26.2. The molecule has 17 aromatic rings. The molecule has 13 heteroatoms. The lowest BCUT2D eigenvalue weighted by Gasteiger charge is -2.30. The standard InChI is InChI=1S/C18H24N2O.C17H18N2.C16H23N.C14H19N.C13H17N.C13H15N.C12H14ClN.C12H14FN/c1-18(2,3)15-12-16-13(7-8-19-16)11-14(15)17(21)20-9-5-4-6-10-20;1-17(2,3)13-9-10-14-15(11-13)19-16(18-14)12-7-5-4-6-8-12;1-15(2,3)12-9-11-7-8-17-14(11)10-13(12)16(4,5)6;1-5-10-8-11-6-7-15-13(11)9-12(10)14(2,3)4;1-9-8-14-11-7-5-6-10(12(9)11)13(2,3)4;1-13(2,3)12-8-10-6-4-5-7-11(10)9-14-12;2*1-12(2,3)9-7-11-8(4-5-14-11)6-10(9)13/h7-8,11-12,19H,4-6,9-10H2,1-3H3;4-11H,1-3H3,(H,18,19);7-10,17H,1-6H3;6-9,15H,5H2,1-4H3;5-8,14H,1-4H3;4-9H,1-3H3;2*4-7,14H,1-3H3. The van der Waals surface area contributed by atoms with Crippen LogP contribution in [-0.2, 0) is 55.2 Å². The van der Waals surface area contributed by atoms with E-state index in [9.17, 15) is 9.18 Å². The van der Waals surface area contributed by atoms with Gasteiger partial charge in [0, 0.05) is 144 Å². The molecule has 1 aliphatic rings. The molecule has 1 amide bonds. The predicted octanol–water partition coefficient (Wildman–Crippen LogP) is 32.4. The zero-order valence-electron chi connectivity index (χ0n) is 82.2. The van der Waals surface area contributed by atoms with Crippen LogP contribution in [0.3, 0.4) is 0 Å². The number of piperidine rings is 1. The van der Waals surface area contributed by atoms with Gasteiger partial charge in [-0.15, -0.1) is 0 Å². The third-order valence-electron chi connectivity index (χ3n) is 24.0. The number of hydrogen-bond donors (Lipinski definition) is 7. The Hall–Kier alpha value is -11.2. The number of halogens is 2. The average Bonchev–Trinajstić information content (AvgIpc) is 1.75. The molecule has 1 fully saturated rings. The Morgan fingerprint density at radius 2 is 0.836 bits per heavy atom. The average molecular weight is 1740 g/mol. The van der Waals surface area contributed by atoms with E-state index in [1.807, 2.05) is 117 Å². The van der Waals surface area contributed by atoms with Gasteiger partial charge < -0.3 is 39.8 Å². The van der Waals surface area contributed by atoms with Crippen LogP contribution in [0.1, 0.15) is 285 Å². The van der Waals surface area contributed by atoms with Gasteiger partial charge in [-0.2, -0.15) is 0 Å². The van der Waals surface area contributed by atoms with Crippen LogP contribution in [0.5, 0.6) is 0 Å². The van der Waals surface area contributed by atoms with Gasteiger partial charge in [-0.05, 0) is 263 Å². The quantitative estimate of drug-likeness (QED) is 0.0941. The zero-order valence-corrected chi connectivity index (χ0v) is 82.9. The van der Waals surface area contributed by atoms with Gasteiger partial charge in [0.15, 0.2) is 0 Å². The summed E-state index contributed by atoms with van der Waals surface area (Å²) in [5.74, 6) is 1.01. The highest BCUT2D eigenvalue weighted by atomic mass is 35.5. The topological polar surface area (TPSA) is 157 Å². The van der Waals surface area contributed by atoms with Crippen molar-refractivity contribution in [2.75, 3.05) is 13.1 Å². The SMILES string of the molecule is CC(C)(C)c1cc2[nH]ccc2cc1C(=O)N1CCCCC1.CC(C)(C)c1cc2[nH]ccc2cc1Cl.CC(C)(C)c1cc2[nH]ccc2cc1F.CC(C)(C)c1cc2cc[nH]c2cc1C(C)(C)C.CC(C)(C)c1cc2ccccc2cn1.CC(C)(C)c1ccc2nc(-c3ccccc3)[nH]c2c1.CCc1cc2cc[nH]c2cc1C(C)(C)C.Cc1c[nH]c2cccc(C(C)(C)C)c12. The second kappa shape index (κ2) is 39.0. The van der Waals surface area contributed by atoms with Gasteiger partial charge in [0.25, 0.3) is 5.91 Å². The first kappa shape index (κ1) is 97.4. The monoisotopic (exact) mass is 1740 g/mol. The minimum absolute atomic E-state index is 0.0416. The first-order valence-corrected chi connectivity index (χ1v) is 46.3. The summed E-state index contributed by atoms with van der Waals surface area (Å²) < 4.78 is 13.7. The Bertz CT molecular complexity index is 6460. The van der Waals surface area contributed by atoms with Gasteiger partial charge >= 0.3 is 0 Å². The number of amides is 1. The van der Waals surface area contributed by atoms with E-state index < -0.39 is 0 Å². The molecule has 1 saturated heterocycles. The molecule has 7 N–H and O–H groups in total. The van der Waals surface area contributed by atoms with Gasteiger partial charge in [0.05, 0.1) is 11.0 Å². The maximum Gasteiger partial charge on any atom is 0.254 e. The molecule has 0 bridgehead atoms. The number of aromatic nitrogens is 9. The second-order valence-corrected chi connectivity index (χ2v) is 44.5. The van der Waals surface area contributed by atoms with Crippen LogP contribution in [0.4, 0.5) is 4.39 Å². The Balaban J connectivity index is 0.000000142. The van der Waals surface area contributed by atoms with Crippen LogP contribution < -0.4 is 0 Å². The first-order chi connectivity index (χ1) is 59.8. The number of fused-ring (bicyclic) bond motifs is 8. The molecule has 1 aliphatic heterocycles. The van der Waals surface area contributed by atoms with Crippen LogP contribution >= 0.6 is 11.6 Å². The maximum atomic E-state index is 13.7. The van der Waals surface area contributed by atoms with E-state index in [0.717, 1.165) is 110 Å². The van der Waals surface area contributed by atoms with Crippen LogP contribution in [0.25, 0.3) is 98.6 Å². The number of aryl methyl sites for hydroxylation is 2. The Labute approximate surface area is 767 Å². The van der Waals surface area contributed by atoms with E-state index in [1.165, 1.54) is 99.8 Å². The number of H-pyrrole nitrogens is 7. The number of hydrogen-bond acceptors (Lipinski definition) is 3. The number of rotatable bonds is 3. The number of pyridine rings is 1. The molecule has 9 aromatic carbocycles. The fourth-order valence-electron chi connectivity index (χ4n) is 16.6. The van der Waals surface area contributed by atoms with E-state index in [-0.39, 0.29) is 60.5 Å². The minimum atomic E-state index is -0.149. The molecular weight excluding hydrogens is 1590 g/mol. The smallest absolute Gasteiger partial charge is 0.254 e. The molecule has 0 unspecified atom stereocenters. The van der Waals surface area contributed by atoms with E-state index in [4.69, 9.17) is 11.6 Å². The lowest BCUT2D eigenvalue weighted by atomic mass is 9.75. The molecule has 11 nitrogen and oxygen atoms in total. The van der Waals surface area contributed by atoms with E-state index >= 15 is 0 Å². The molecule has 0 saturated carbocycles. The van der Waals surface area contributed by atoms with Crippen molar-refractivity contribution in [2.24, 2.45) is 0 Å². The number of carbonyl (C=O) groups excluding carboxylic acids is 1. The van der Waals surface area contributed by atoms with Gasteiger partial charge in [-0.3, -0.25) is 9.78 Å². The van der Waals surface area contributed by atoms with Crippen molar-refractivity contribution < 1.29 is 9.18 Å². The van der Waals surface area contributed by atoms with Crippen molar-refractivity contribution in [3.8, 4) is 11.4 Å². The summed E-state index contributed by atoms with van der Waals surface area (Å²) >= 11 is 6.23. The Morgan fingerprint density at radius 3 is 1.34 bits per heavy atom. The summed E-state index contributed by atoms with van der Waals surface area (Å²) in [6.45, 7) is 65.8. The molecule has 9 heterocycles. The molecule has 18 rings (SSSR count). The Kier molecular flexibility index (Phi) is 29.7. The number of carbonyl (C=O) groups is 1. The fourth-order valence-corrected chi connectivity index (χ4v) is 17.1. The van der Waals surface area contributed by atoms with E-state index in [1.54, 1.807) is 6.07 Å². The second-order valence-electron chi connectivity index (χ2n) is 44.0. The molecular formula is C115H144ClFN10O. The van der Waals surface area contributed by atoms with Crippen LogP contribution in [-0.4, -0.2) is 68.8 Å². The van der Waals surface area contributed by atoms with Crippen molar-refractivity contribution in [2.45, 2.75) is 275 Å². The summed E-state index contributed by atoms with van der Waals surface area (Å²) in [4.78, 5) is 47.0. The van der Waals surface area contributed by atoms with E-state index in [2.05, 4.69) is 358 Å². The molecule has 0 atom stereocenters. The molecule has 674 valence electrons. The summed E-state index contributed by atoms with van der Waals surface area (Å²) in [6, 6.07) is 65.0. The molecule has 0 spiro atoms. The highest BCUT2D eigenvalue weighted by molar-refractivity contribution is 6.32. The molecule has 0 radical (unpaired) electrons. The van der Waals surface area contributed by atoms with Gasteiger partial charge in [-0.25, -0.2) is 9.37 Å². The third-order valence-corrected chi connectivity index (χ3v) is 24.4. The largest absolute Gasteiger partial charge is 0.361 e. The predicted molar refractivity (Wildman–Crippen MR) is 550 cm³/mol. The van der Waals surface area contributed by atoms with Crippen molar-refractivity contribution in [1.29, 1.82) is 0 Å². The number of nitrogens with zero attached hydrogens (tertiary/aromatic N) is 3.